The van der Waals surface area contributed by atoms with Gasteiger partial charge in [0.15, 0.2) is 5.13 Å². The van der Waals surface area contributed by atoms with Gasteiger partial charge in [0.1, 0.15) is 0 Å². The summed E-state index contributed by atoms with van der Waals surface area (Å²) in [6, 6.07) is 7.74. The average Bonchev–Trinajstić information content (AvgIpc) is 2.94. The molecule has 2 heterocycles. The highest BCUT2D eigenvalue weighted by molar-refractivity contribution is 7.15. The van der Waals surface area contributed by atoms with E-state index in [0.717, 1.165) is 21.5 Å². The highest BCUT2D eigenvalue weighted by Crippen LogP contribution is 2.24. The van der Waals surface area contributed by atoms with Gasteiger partial charge in [-0.25, -0.2) is 4.98 Å². The average molecular weight is 285 g/mol. The predicted molar refractivity (Wildman–Crippen MR) is 82.5 cm³/mol. The molecule has 0 saturated heterocycles. The third-order valence-electron chi connectivity index (χ3n) is 3.39. The number of thiazole rings is 1. The first-order valence-corrected chi connectivity index (χ1v) is 7.17. The molecule has 1 N–H and O–H groups in total. The van der Waals surface area contributed by atoms with Crippen molar-refractivity contribution in [1.29, 1.82) is 0 Å². The zero-order valence-electron chi connectivity index (χ0n) is 11.6. The van der Waals surface area contributed by atoms with Crippen LogP contribution in [-0.2, 0) is 7.05 Å². The van der Waals surface area contributed by atoms with Crippen molar-refractivity contribution < 1.29 is 4.79 Å². The number of aryl methyl sites for hydroxylation is 3. The highest BCUT2D eigenvalue weighted by atomic mass is 32.1. The molecule has 0 fully saturated rings. The minimum absolute atomic E-state index is 0.119. The van der Waals surface area contributed by atoms with Crippen molar-refractivity contribution in [2.75, 3.05) is 5.32 Å². The van der Waals surface area contributed by atoms with Gasteiger partial charge >= 0.3 is 0 Å². The number of carbonyl (C=O) groups excluding carboxylic acids is 1. The van der Waals surface area contributed by atoms with E-state index in [9.17, 15) is 4.79 Å². The third kappa shape index (κ3) is 2.10. The van der Waals surface area contributed by atoms with Crippen LogP contribution in [0.3, 0.4) is 0 Å². The summed E-state index contributed by atoms with van der Waals surface area (Å²) in [5.41, 5.74) is 2.57. The predicted octanol–water partition coefficient (Wildman–Crippen LogP) is 3.50. The van der Waals surface area contributed by atoms with E-state index in [1.165, 1.54) is 11.3 Å². The summed E-state index contributed by atoms with van der Waals surface area (Å²) in [7, 11) is 1.94. The number of hydrogen-bond donors (Lipinski definition) is 1. The molecule has 5 heteroatoms. The van der Waals surface area contributed by atoms with Gasteiger partial charge in [-0.3, -0.25) is 10.1 Å². The topological polar surface area (TPSA) is 46.9 Å². The van der Waals surface area contributed by atoms with Gasteiger partial charge < -0.3 is 4.57 Å². The lowest BCUT2D eigenvalue weighted by atomic mass is 10.1. The number of nitrogens with one attached hydrogen (secondary N) is 1. The van der Waals surface area contributed by atoms with Gasteiger partial charge in [0.25, 0.3) is 5.91 Å². The lowest BCUT2D eigenvalue weighted by Gasteiger charge is -2.05. The van der Waals surface area contributed by atoms with Gasteiger partial charge in [-0.1, -0.05) is 12.1 Å². The second kappa shape index (κ2) is 4.76. The Bertz CT molecular complexity index is 781. The standard InChI is InChI=1S/C15H15N3OS/c1-9-10(2)20-15(16-9)17-14(19)12-6-4-5-11-7-8-18(3)13(11)12/h4-8H,1-3H3,(H,16,17,19). The summed E-state index contributed by atoms with van der Waals surface area (Å²) >= 11 is 1.50. The summed E-state index contributed by atoms with van der Waals surface area (Å²) in [6.07, 6.45) is 1.96. The van der Waals surface area contributed by atoms with E-state index in [1.807, 2.05) is 55.9 Å². The number of fused-ring (bicyclic) bond motifs is 1. The van der Waals surface area contributed by atoms with E-state index in [2.05, 4.69) is 10.3 Å². The van der Waals surface area contributed by atoms with Crippen molar-refractivity contribution in [2.45, 2.75) is 13.8 Å². The van der Waals surface area contributed by atoms with Crippen LogP contribution in [0.25, 0.3) is 10.9 Å². The fourth-order valence-corrected chi connectivity index (χ4v) is 3.04. The van der Waals surface area contributed by atoms with Crippen LogP contribution in [0.1, 0.15) is 20.9 Å². The Kier molecular flexibility index (Phi) is 3.06. The van der Waals surface area contributed by atoms with Crippen molar-refractivity contribution in [3.63, 3.8) is 0 Å². The molecular formula is C15H15N3OS. The Morgan fingerprint density at radius 1 is 1.30 bits per heavy atom. The Balaban J connectivity index is 1.98. The molecule has 0 aliphatic rings. The summed E-state index contributed by atoms with van der Waals surface area (Å²) in [6.45, 7) is 3.94. The van der Waals surface area contributed by atoms with Gasteiger partial charge in [-0.05, 0) is 26.0 Å². The highest BCUT2D eigenvalue weighted by Gasteiger charge is 2.14. The first-order chi connectivity index (χ1) is 9.56. The van der Waals surface area contributed by atoms with Crippen molar-refractivity contribution in [3.05, 3.63) is 46.6 Å². The summed E-state index contributed by atoms with van der Waals surface area (Å²) < 4.78 is 1.96. The van der Waals surface area contributed by atoms with Crippen molar-refractivity contribution >= 4 is 33.3 Å². The van der Waals surface area contributed by atoms with Gasteiger partial charge in [0.2, 0.25) is 0 Å². The number of benzene rings is 1. The number of anilines is 1. The number of aromatic nitrogens is 2. The molecule has 2 aromatic heterocycles. The molecule has 1 aromatic carbocycles. The second-order valence-electron chi connectivity index (χ2n) is 4.78. The van der Waals surface area contributed by atoms with E-state index in [-0.39, 0.29) is 5.91 Å². The first-order valence-electron chi connectivity index (χ1n) is 6.35. The molecule has 0 aliphatic carbocycles. The van der Waals surface area contributed by atoms with E-state index >= 15 is 0 Å². The van der Waals surface area contributed by atoms with Crippen LogP contribution in [-0.4, -0.2) is 15.5 Å². The van der Waals surface area contributed by atoms with Crippen LogP contribution in [0.5, 0.6) is 0 Å². The van der Waals surface area contributed by atoms with Crippen LogP contribution in [0.2, 0.25) is 0 Å². The number of carbonyl (C=O) groups is 1. The number of hydrogen-bond acceptors (Lipinski definition) is 3. The van der Waals surface area contributed by atoms with Crippen LogP contribution in [0, 0.1) is 13.8 Å². The largest absolute Gasteiger partial charge is 0.350 e. The van der Waals surface area contributed by atoms with Crippen LogP contribution >= 0.6 is 11.3 Å². The summed E-state index contributed by atoms with van der Waals surface area (Å²) in [5.74, 6) is -0.119. The molecule has 4 nitrogen and oxygen atoms in total. The zero-order chi connectivity index (χ0) is 14.3. The molecule has 0 unspecified atom stereocenters. The maximum atomic E-state index is 12.4. The SMILES string of the molecule is Cc1nc(NC(=O)c2cccc3ccn(C)c23)sc1C. The molecule has 0 aliphatic heterocycles. The molecule has 20 heavy (non-hydrogen) atoms. The maximum Gasteiger partial charge on any atom is 0.259 e. The van der Waals surface area contributed by atoms with E-state index in [0.29, 0.717) is 10.7 Å². The minimum atomic E-state index is -0.119. The summed E-state index contributed by atoms with van der Waals surface area (Å²) in [4.78, 5) is 17.9. The fraction of sp³-hybridized carbons (Fsp3) is 0.200. The lowest BCUT2D eigenvalue weighted by Crippen LogP contribution is -2.13. The molecule has 3 rings (SSSR count). The fourth-order valence-electron chi connectivity index (χ4n) is 2.23. The van der Waals surface area contributed by atoms with Crippen LogP contribution in [0.4, 0.5) is 5.13 Å². The van der Waals surface area contributed by atoms with E-state index in [4.69, 9.17) is 0 Å². The normalized spacial score (nSPS) is 10.9. The minimum Gasteiger partial charge on any atom is -0.350 e. The lowest BCUT2D eigenvalue weighted by molar-refractivity contribution is 0.102. The van der Waals surface area contributed by atoms with E-state index in [1.54, 1.807) is 0 Å². The Labute approximate surface area is 121 Å². The molecule has 0 bridgehead atoms. The van der Waals surface area contributed by atoms with Crippen molar-refractivity contribution in [3.8, 4) is 0 Å². The number of nitrogens with zero attached hydrogens (tertiary/aromatic N) is 2. The Morgan fingerprint density at radius 2 is 2.10 bits per heavy atom. The first kappa shape index (κ1) is 12.9. The smallest absolute Gasteiger partial charge is 0.259 e. The van der Waals surface area contributed by atoms with Gasteiger partial charge in [-0.2, -0.15) is 0 Å². The van der Waals surface area contributed by atoms with Gasteiger partial charge in [0, 0.05) is 23.5 Å². The monoisotopic (exact) mass is 285 g/mol. The van der Waals surface area contributed by atoms with Crippen molar-refractivity contribution in [2.24, 2.45) is 7.05 Å². The molecule has 0 radical (unpaired) electrons. The Hall–Kier alpha value is -2.14. The third-order valence-corrected chi connectivity index (χ3v) is 4.38. The van der Waals surface area contributed by atoms with Crippen LogP contribution < -0.4 is 5.32 Å². The molecular weight excluding hydrogens is 270 g/mol. The molecule has 0 atom stereocenters. The molecule has 0 spiro atoms. The van der Waals surface area contributed by atoms with E-state index < -0.39 is 0 Å². The number of rotatable bonds is 2. The number of amides is 1. The maximum absolute atomic E-state index is 12.4. The number of para-hydroxylation sites is 1. The molecule has 1 amide bonds. The van der Waals surface area contributed by atoms with Crippen molar-refractivity contribution in [1.82, 2.24) is 9.55 Å². The van der Waals surface area contributed by atoms with Crippen LogP contribution in [0.15, 0.2) is 30.5 Å². The molecule has 102 valence electrons. The van der Waals surface area contributed by atoms with Gasteiger partial charge in [-0.15, -0.1) is 11.3 Å². The zero-order valence-corrected chi connectivity index (χ0v) is 12.4. The molecule has 0 saturated carbocycles. The quantitative estimate of drug-likeness (QED) is 0.783. The second-order valence-corrected chi connectivity index (χ2v) is 5.99. The van der Waals surface area contributed by atoms with Gasteiger partial charge in [0.05, 0.1) is 16.8 Å². The summed E-state index contributed by atoms with van der Waals surface area (Å²) in [5, 5.41) is 4.60. The Morgan fingerprint density at radius 3 is 2.80 bits per heavy atom. The molecule has 3 aromatic rings.